The van der Waals surface area contributed by atoms with Crippen LogP contribution in [0.15, 0.2) is 53.9 Å². The number of carbonyl (C=O) groups is 1. The van der Waals surface area contributed by atoms with Crippen molar-refractivity contribution in [1.29, 1.82) is 0 Å². The molecule has 0 fully saturated rings. The van der Waals surface area contributed by atoms with Crippen molar-refractivity contribution < 1.29 is 4.79 Å². The van der Waals surface area contributed by atoms with E-state index >= 15 is 0 Å². The number of nitrogens with one attached hydrogen (secondary N) is 2. The molecule has 4 rings (SSSR count). The number of aryl methyl sites for hydroxylation is 1. The van der Waals surface area contributed by atoms with Crippen LogP contribution in [0, 0.1) is 11.7 Å². The van der Waals surface area contributed by atoms with Gasteiger partial charge in [-0.15, -0.1) is 11.3 Å². The van der Waals surface area contributed by atoms with Gasteiger partial charge in [0.25, 0.3) is 0 Å². The van der Waals surface area contributed by atoms with E-state index < -0.39 is 0 Å². The summed E-state index contributed by atoms with van der Waals surface area (Å²) >= 11 is 12.9. The van der Waals surface area contributed by atoms with Crippen molar-refractivity contribution in [3.05, 3.63) is 74.3 Å². The number of amides is 1. The van der Waals surface area contributed by atoms with Crippen molar-refractivity contribution in [3.8, 4) is 22.6 Å². The molecule has 0 radical (unpaired) electrons. The second-order valence-corrected chi connectivity index (χ2v) is 8.88. The molecule has 2 N–H and O–H groups in total. The first-order valence-electron chi connectivity index (χ1n) is 9.69. The minimum Gasteiger partial charge on any atom is -0.354 e. The lowest BCUT2D eigenvalue weighted by molar-refractivity contribution is -0.121. The van der Waals surface area contributed by atoms with Crippen LogP contribution in [0.5, 0.6) is 0 Å². The average Bonchev–Trinajstić information content (AvgIpc) is 3.35. The zero-order valence-electron chi connectivity index (χ0n) is 16.8. The van der Waals surface area contributed by atoms with E-state index in [-0.39, 0.29) is 12.5 Å². The minimum absolute atomic E-state index is 0.0927. The van der Waals surface area contributed by atoms with Crippen molar-refractivity contribution in [2.45, 2.75) is 19.9 Å². The van der Waals surface area contributed by atoms with Crippen LogP contribution in [0.4, 0.5) is 0 Å². The first kappa shape index (κ1) is 21.4. The maximum Gasteiger partial charge on any atom is 0.240 e. The molecule has 0 aliphatic rings. The number of nitrogens with zero attached hydrogens (tertiary/aromatic N) is 3. The monoisotopic (exact) mass is 469 g/mol. The number of rotatable bonds is 7. The van der Waals surface area contributed by atoms with Gasteiger partial charge < -0.3 is 5.32 Å². The van der Waals surface area contributed by atoms with E-state index in [0.29, 0.717) is 22.2 Å². The first-order valence-corrected chi connectivity index (χ1v) is 11.4. The number of aromatic amines is 1. The van der Waals surface area contributed by atoms with Gasteiger partial charge in [0, 0.05) is 28.1 Å². The summed E-state index contributed by atoms with van der Waals surface area (Å²) in [5.41, 5.74) is 4.08. The summed E-state index contributed by atoms with van der Waals surface area (Å²) in [6, 6.07) is 15.5. The Morgan fingerprint density at radius 1 is 1.16 bits per heavy atom. The average molecular weight is 470 g/mol. The van der Waals surface area contributed by atoms with Crippen molar-refractivity contribution in [1.82, 2.24) is 25.1 Å². The number of hydrogen-bond donors (Lipinski definition) is 2. The Morgan fingerprint density at radius 2 is 1.87 bits per heavy atom. The standard InChI is InChI=1S/C22H20ClN5OS2/c1-14-25-19(13-31-14)16-4-2-15(3-5-16)10-11-24-20(29)12-28-21(26-27-22(28)30)17-6-8-18(23)9-7-17/h2-9,13H,10-12H2,1H3,(H,24,29)(H,27,30). The van der Waals surface area contributed by atoms with Gasteiger partial charge in [0.2, 0.25) is 5.91 Å². The Balaban J connectivity index is 1.33. The van der Waals surface area contributed by atoms with E-state index in [1.165, 1.54) is 0 Å². The van der Waals surface area contributed by atoms with Gasteiger partial charge in [-0.3, -0.25) is 14.5 Å². The molecule has 2 heterocycles. The number of benzene rings is 2. The Labute approximate surface area is 193 Å². The van der Waals surface area contributed by atoms with E-state index in [1.807, 2.05) is 19.1 Å². The number of carbonyl (C=O) groups excluding carboxylic acids is 1. The maximum atomic E-state index is 12.5. The highest BCUT2D eigenvalue weighted by molar-refractivity contribution is 7.71. The molecule has 0 unspecified atom stereocenters. The Bertz CT molecular complexity index is 1240. The highest BCUT2D eigenvalue weighted by Gasteiger charge is 2.12. The molecule has 31 heavy (non-hydrogen) atoms. The van der Waals surface area contributed by atoms with Crippen molar-refractivity contribution >= 4 is 41.1 Å². The third-order valence-electron chi connectivity index (χ3n) is 4.77. The Morgan fingerprint density at radius 3 is 2.55 bits per heavy atom. The summed E-state index contributed by atoms with van der Waals surface area (Å²) in [7, 11) is 0. The predicted molar refractivity (Wildman–Crippen MR) is 127 cm³/mol. The molecule has 0 aliphatic heterocycles. The van der Waals surface area contributed by atoms with Gasteiger partial charge in [-0.1, -0.05) is 35.9 Å². The third-order valence-corrected chi connectivity index (χ3v) is 6.10. The number of halogens is 1. The van der Waals surface area contributed by atoms with Crippen LogP contribution in [-0.2, 0) is 17.8 Å². The zero-order chi connectivity index (χ0) is 21.8. The molecule has 9 heteroatoms. The van der Waals surface area contributed by atoms with Gasteiger partial charge >= 0.3 is 0 Å². The van der Waals surface area contributed by atoms with Gasteiger partial charge in [0.05, 0.1) is 10.7 Å². The molecule has 0 atom stereocenters. The molecule has 0 saturated heterocycles. The Hall–Kier alpha value is -2.81. The van der Waals surface area contributed by atoms with Gasteiger partial charge in [-0.2, -0.15) is 5.10 Å². The lowest BCUT2D eigenvalue weighted by Gasteiger charge is -2.09. The molecule has 6 nitrogen and oxygen atoms in total. The molecular weight excluding hydrogens is 450 g/mol. The van der Waals surface area contributed by atoms with Gasteiger partial charge in [0.15, 0.2) is 10.6 Å². The molecule has 1 amide bonds. The molecule has 0 saturated carbocycles. The quantitative estimate of drug-likeness (QED) is 0.371. The fourth-order valence-electron chi connectivity index (χ4n) is 3.17. The van der Waals surface area contributed by atoms with Crippen LogP contribution in [0.1, 0.15) is 10.6 Å². The SMILES string of the molecule is Cc1nc(-c2ccc(CCNC(=O)Cn3c(-c4ccc(Cl)cc4)n[nH]c3=S)cc2)cs1. The normalized spacial score (nSPS) is 10.9. The van der Waals surface area contributed by atoms with E-state index in [9.17, 15) is 4.79 Å². The predicted octanol–water partition coefficient (Wildman–Crippen LogP) is 5.05. The molecule has 158 valence electrons. The second kappa shape index (κ2) is 9.55. The molecule has 0 bridgehead atoms. The fourth-order valence-corrected chi connectivity index (χ4v) is 4.11. The molecule has 0 aliphatic carbocycles. The summed E-state index contributed by atoms with van der Waals surface area (Å²) in [6.07, 6.45) is 0.739. The molecule has 2 aromatic heterocycles. The van der Waals surface area contributed by atoms with Crippen molar-refractivity contribution in [3.63, 3.8) is 0 Å². The summed E-state index contributed by atoms with van der Waals surface area (Å²) < 4.78 is 2.08. The van der Waals surface area contributed by atoms with Crippen LogP contribution in [0.2, 0.25) is 5.02 Å². The van der Waals surface area contributed by atoms with Gasteiger partial charge in [0.1, 0.15) is 6.54 Å². The summed E-state index contributed by atoms with van der Waals surface area (Å²) in [4.78, 5) is 17.0. The van der Waals surface area contributed by atoms with Crippen LogP contribution in [0.3, 0.4) is 0 Å². The van der Waals surface area contributed by atoms with E-state index in [2.05, 4.69) is 50.1 Å². The lowest BCUT2D eigenvalue weighted by Crippen LogP contribution is -2.29. The lowest BCUT2D eigenvalue weighted by atomic mass is 10.1. The first-order chi connectivity index (χ1) is 15.0. The third kappa shape index (κ3) is 5.28. The van der Waals surface area contributed by atoms with Gasteiger partial charge in [-0.05, 0) is 55.4 Å². The van der Waals surface area contributed by atoms with E-state index in [1.54, 1.807) is 28.0 Å². The van der Waals surface area contributed by atoms with Crippen molar-refractivity contribution in [2.24, 2.45) is 0 Å². The summed E-state index contributed by atoms with van der Waals surface area (Å²) in [6.45, 7) is 2.63. The Kier molecular flexibility index (Phi) is 6.60. The number of H-pyrrole nitrogens is 1. The minimum atomic E-state index is -0.123. The molecule has 0 spiro atoms. The number of hydrogen-bond acceptors (Lipinski definition) is 5. The molecule has 2 aromatic carbocycles. The molecule has 4 aromatic rings. The summed E-state index contributed by atoms with van der Waals surface area (Å²) in [5, 5.41) is 13.7. The zero-order valence-corrected chi connectivity index (χ0v) is 19.2. The molecular formula is C22H20ClN5OS2. The second-order valence-electron chi connectivity index (χ2n) is 6.99. The highest BCUT2D eigenvalue weighted by Crippen LogP contribution is 2.22. The largest absolute Gasteiger partial charge is 0.354 e. The smallest absolute Gasteiger partial charge is 0.240 e. The van der Waals surface area contributed by atoms with E-state index in [0.717, 1.165) is 33.8 Å². The topological polar surface area (TPSA) is 75.6 Å². The number of aromatic nitrogens is 4. The van der Waals surface area contributed by atoms with Crippen molar-refractivity contribution in [2.75, 3.05) is 6.54 Å². The van der Waals surface area contributed by atoms with Crippen LogP contribution in [0.25, 0.3) is 22.6 Å². The fraction of sp³-hybridized carbons (Fsp3) is 0.182. The van der Waals surface area contributed by atoms with Crippen LogP contribution >= 0.6 is 35.2 Å². The van der Waals surface area contributed by atoms with Crippen LogP contribution < -0.4 is 5.32 Å². The number of thiazole rings is 1. The maximum absolute atomic E-state index is 12.5. The van der Waals surface area contributed by atoms with Crippen LogP contribution in [-0.4, -0.2) is 32.2 Å². The van der Waals surface area contributed by atoms with Gasteiger partial charge in [-0.25, -0.2) is 4.98 Å². The van der Waals surface area contributed by atoms with E-state index in [4.69, 9.17) is 23.8 Å². The highest BCUT2D eigenvalue weighted by atomic mass is 35.5. The summed E-state index contributed by atoms with van der Waals surface area (Å²) in [5.74, 6) is 0.479.